The van der Waals surface area contributed by atoms with Crippen LogP contribution in [0.3, 0.4) is 0 Å². The van der Waals surface area contributed by atoms with E-state index in [4.69, 9.17) is 4.74 Å². The van der Waals surface area contributed by atoms with E-state index >= 15 is 0 Å². The quantitative estimate of drug-likeness (QED) is 0.616. The normalized spacial score (nSPS) is 15.2. The number of benzene rings is 1. The molecule has 0 atom stereocenters. The van der Waals surface area contributed by atoms with Crippen LogP contribution in [0.4, 0.5) is 5.69 Å². The molecule has 1 aliphatic rings. The Hall–Kier alpha value is -2.10. The third-order valence-corrected chi connectivity index (χ3v) is 2.98. The summed E-state index contributed by atoms with van der Waals surface area (Å²) in [6, 6.07) is 7.56. The molecular weight excluding hydrogens is 242 g/mol. The van der Waals surface area contributed by atoms with Crippen molar-refractivity contribution in [2.75, 3.05) is 18.1 Å². The van der Waals surface area contributed by atoms with E-state index in [2.05, 4.69) is 0 Å². The number of ether oxygens (including phenoxy) is 1. The van der Waals surface area contributed by atoms with Gasteiger partial charge in [0.25, 0.3) is 0 Å². The molecule has 0 radical (unpaired) electrons. The van der Waals surface area contributed by atoms with Gasteiger partial charge < -0.3 is 9.64 Å². The van der Waals surface area contributed by atoms with E-state index in [1.807, 2.05) is 24.3 Å². The molecule has 0 aliphatic carbocycles. The van der Waals surface area contributed by atoms with Crippen molar-refractivity contribution in [3.05, 3.63) is 35.9 Å². The molecule has 0 aromatic heterocycles. The van der Waals surface area contributed by atoms with Gasteiger partial charge in [0, 0.05) is 24.7 Å². The predicted molar refractivity (Wildman–Crippen MR) is 73.7 cm³/mol. The van der Waals surface area contributed by atoms with Crippen LogP contribution < -0.4 is 4.90 Å². The molecule has 19 heavy (non-hydrogen) atoms. The van der Waals surface area contributed by atoms with Crippen molar-refractivity contribution < 1.29 is 14.3 Å². The number of hydrogen-bond donors (Lipinski definition) is 0. The highest BCUT2D eigenvalue weighted by molar-refractivity contribution is 5.95. The molecule has 0 spiro atoms. The number of carbonyl (C=O) groups is 2. The standard InChI is InChI=1S/C15H17NO3/c1-2-19-15(18)10-7-12-5-8-13(9-6-12)16-11-3-4-14(16)17/h5-10H,2-4,11H2,1H3/b10-7+. The lowest BCUT2D eigenvalue weighted by molar-refractivity contribution is -0.137. The Morgan fingerprint density at radius 2 is 2.11 bits per heavy atom. The number of amides is 1. The molecule has 100 valence electrons. The smallest absolute Gasteiger partial charge is 0.330 e. The Balaban J connectivity index is 2.02. The van der Waals surface area contributed by atoms with E-state index in [1.54, 1.807) is 17.9 Å². The monoisotopic (exact) mass is 259 g/mol. The first-order chi connectivity index (χ1) is 9.20. The Kier molecular flexibility index (Phi) is 4.34. The molecule has 1 aromatic carbocycles. The van der Waals surface area contributed by atoms with Gasteiger partial charge in [0.15, 0.2) is 0 Å². The molecular formula is C15H17NO3. The summed E-state index contributed by atoms with van der Waals surface area (Å²) in [6.45, 7) is 2.93. The maximum atomic E-state index is 11.6. The SMILES string of the molecule is CCOC(=O)/C=C/c1ccc(N2CCCC2=O)cc1. The van der Waals surface area contributed by atoms with E-state index in [9.17, 15) is 9.59 Å². The second-order valence-electron chi connectivity index (χ2n) is 4.33. The summed E-state index contributed by atoms with van der Waals surface area (Å²) < 4.78 is 4.80. The van der Waals surface area contributed by atoms with E-state index < -0.39 is 0 Å². The fourth-order valence-corrected chi connectivity index (χ4v) is 2.04. The summed E-state index contributed by atoms with van der Waals surface area (Å²) in [6.07, 6.45) is 4.65. The summed E-state index contributed by atoms with van der Waals surface area (Å²) in [5.41, 5.74) is 1.82. The molecule has 4 nitrogen and oxygen atoms in total. The highest BCUT2D eigenvalue weighted by atomic mass is 16.5. The first-order valence-electron chi connectivity index (χ1n) is 6.46. The van der Waals surface area contributed by atoms with Gasteiger partial charge in [0.05, 0.1) is 6.61 Å². The van der Waals surface area contributed by atoms with Gasteiger partial charge in [-0.15, -0.1) is 0 Å². The molecule has 0 bridgehead atoms. The lowest BCUT2D eigenvalue weighted by Gasteiger charge is -2.15. The van der Waals surface area contributed by atoms with Gasteiger partial charge in [-0.3, -0.25) is 4.79 Å². The fourth-order valence-electron chi connectivity index (χ4n) is 2.04. The maximum absolute atomic E-state index is 11.6. The van der Waals surface area contributed by atoms with Crippen LogP contribution >= 0.6 is 0 Å². The van der Waals surface area contributed by atoms with Crippen molar-refractivity contribution in [2.45, 2.75) is 19.8 Å². The Labute approximate surface area is 112 Å². The first-order valence-corrected chi connectivity index (χ1v) is 6.46. The summed E-state index contributed by atoms with van der Waals surface area (Å²) in [7, 11) is 0. The molecule has 4 heteroatoms. The molecule has 1 fully saturated rings. The number of rotatable bonds is 4. The van der Waals surface area contributed by atoms with Crippen LogP contribution in [0, 0.1) is 0 Å². The topological polar surface area (TPSA) is 46.6 Å². The average molecular weight is 259 g/mol. The van der Waals surface area contributed by atoms with Gasteiger partial charge >= 0.3 is 5.97 Å². The van der Waals surface area contributed by atoms with Crippen LogP contribution in [0.5, 0.6) is 0 Å². The minimum Gasteiger partial charge on any atom is -0.463 e. The molecule has 1 aromatic rings. The zero-order valence-corrected chi connectivity index (χ0v) is 11.0. The average Bonchev–Trinajstić information content (AvgIpc) is 2.84. The van der Waals surface area contributed by atoms with Gasteiger partial charge in [-0.1, -0.05) is 12.1 Å². The van der Waals surface area contributed by atoms with Crippen LogP contribution in [-0.4, -0.2) is 25.0 Å². The van der Waals surface area contributed by atoms with Gasteiger partial charge in [-0.2, -0.15) is 0 Å². The van der Waals surface area contributed by atoms with Gasteiger partial charge in [0.2, 0.25) is 5.91 Å². The first kappa shape index (κ1) is 13.3. The number of carbonyl (C=O) groups excluding carboxylic acids is 2. The Morgan fingerprint density at radius 1 is 1.37 bits per heavy atom. The minimum atomic E-state index is -0.346. The number of nitrogens with zero attached hydrogens (tertiary/aromatic N) is 1. The van der Waals surface area contributed by atoms with Crippen molar-refractivity contribution in [3.8, 4) is 0 Å². The lowest BCUT2D eigenvalue weighted by Crippen LogP contribution is -2.23. The van der Waals surface area contributed by atoms with Crippen molar-refractivity contribution in [3.63, 3.8) is 0 Å². The Bertz CT molecular complexity index is 491. The highest BCUT2D eigenvalue weighted by Gasteiger charge is 2.21. The van der Waals surface area contributed by atoms with Crippen LogP contribution in [0.1, 0.15) is 25.3 Å². The zero-order chi connectivity index (χ0) is 13.7. The summed E-state index contributed by atoms with van der Waals surface area (Å²) >= 11 is 0. The van der Waals surface area contributed by atoms with Gasteiger partial charge in [-0.05, 0) is 37.1 Å². The molecule has 0 saturated carbocycles. The third-order valence-electron chi connectivity index (χ3n) is 2.98. The van der Waals surface area contributed by atoms with Gasteiger partial charge in [0.1, 0.15) is 0 Å². The second-order valence-corrected chi connectivity index (χ2v) is 4.33. The summed E-state index contributed by atoms with van der Waals surface area (Å²) in [5, 5.41) is 0. The van der Waals surface area contributed by atoms with Crippen molar-refractivity contribution >= 4 is 23.6 Å². The van der Waals surface area contributed by atoms with Crippen molar-refractivity contribution in [2.24, 2.45) is 0 Å². The van der Waals surface area contributed by atoms with Crippen LogP contribution in [-0.2, 0) is 14.3 Å². The van der Waals surface area contributed by atoms with Gasteiger partial charge in [-0.25, -0.2) is 4.79 Å². The van der Waals surface area contributed by atoms with E-state index in [1.165, 1.54) is 6.08 Å². The summed E-state index contributed by atoms with van der Waals surface area (Å²) in [4.78, 5) is 24.6. The van der Waals surface area contributed by atoms with Crippen LogP contribution in [0.15, 0.2) is 30.3 Å². The second kappa shape index (κ2) is 6.18. The van der Waals surface area contributed by atoms with Crippen molar-refractivity contribution in [1.82, 2.24) is 0 Å². The molecule has 0 unspecified atom stereocenters. The number of hydrogen-bond acceptors (Lipinski definition) is 3. The molecule has 1 heterocycles. The molecule has 2 rings (SSSR count). The molecule has 1 amide bonds. The summed E-state index contributed by atoms with van der Waals surface area (Å²) in [5.74, 6) is -0.170. The molecule has 1 saturated heterocycles. The fraction of sp³-hybridized carbons (Fsp3) is 0.333. The predicted octanol–water partition coefficient (Wildman–Crippen LogP) is 2.39. The van der Waals surface area contributed by atoms with Crippen molar-refractivity contribution in [1.29, 1.82) is 0 Å². The van der Waals surface area contributed by atoms with E-state index in [0.29, 0.717) is 13.0 Å². The van der Waals surface area contributed by atoms with E-state index in [0.717, 1.165) is 24.2 Å². The number of anilines is 1. The zero-order valence-electron chi connectivity index (χ0n) is 11.0. The molecule has 0 N–H and O–H groups in total. The highest BCUT2D eigenvalue weighted by Crippen LogP contribution is 2.21. The lowest BCUT2D eigenvalue weighted by atomic mass is 10.2. The third kappa shape index (κ3) is 3.44. The Morgan fingerprint density at radius 3 is 2.68 bits per heavy atom. The van der Waals surface area contributed by atoms with Crippen LogP contribution in [0.2, 0.25) is 0 Å². The van der Waals surface area contributed by atoms with E-state index in [-0.39, 0.29) is 11.9 Å². The maximum Gasteiger partial charge on any atom is 0.330 e. The van der Waals surface area contributed by atoms with Crippen LogP contribution in [0.25, 0.3) is 6.08 Å². The largest absolute Gasteiger partial charge is 0.463 e. The number of esters is 1. The minimum absolute atomic E-state index is 0.176. The molecule has 1 aliphatic heterocycles.